The first kappa shape index (κ1) is 63.9. The fraction of sp³-hybridized carbons (Fsp3) is 0.789. The molecule has 0 saturated carbocycles. The number of ether oxygens (including phenoxy) is 7. The summed E-state index contributed by atoms with van der Waals surface area (Å²) in [5.41, 5.74) is -3.58. The van der Waals surface area contributed by atoms with E-state index in [1.165, 1.54) is 32.0 Å². The molecule has 0 radical (unpaired) electrons. The summed E-state index contributed by atoms with van der Waals surface area (Å²) >= 11 is 1.54. The van der Waals surface area contributed by atoms with Crippen molar-refractivity contribution in [3.05, 3.63) is 39.7 Å². The van der Waals surface area contributed by atoms with Crippen molar-refractivity contribution in [2.75, 3.05) is 53.6 Å². The van der Waals surface area contributed by atoms with Crippen LogP contribution < -0.4 is 10.7 Å². The molecule has 0 aliphatic carbocycles. The van der Waals surface area contributed by atoms with Crippen molar-refractivity contribution >= 4 is 40.6 Å². The second-order valence-electron chi connectivity index (χ2n) is 23.9. The Labute approximate surface area is 465 Å². The van der Waals surface area contributed by atoms with E-state index in [-0.39, 0.29) is 55.4 Å². The molecule has 1 aromatic carbocycles. The summed E-state index contributed by atoms with van der Waals surface area (Å²) in [6.07, 6.45) is -5.95. The van der Waals surface area contributed by atoms with Crippen LogP contribution in [0.4, 0.5) is 0 Å². The number of pyridine rings is 1. The number of cyclic esters (lactones) is 1. The van der Waals surface area contributed by atoms with E-state index in [0.717, 1.165) is 28.8 Å². The first-order valence-corrected chi connectivity index (χ1v) is 29.0. The second kappa shape index (κ2) is 26.3. The van der Waals surface area contributed by atoms with Gasteiger partial charge in [-0.1, -0.05) is 20.8 Å². The summed E-state index contributed by atoms with van der Waals surface area (Å²) in [6, 6.07) is 3.00. The molecule has 11 unspecified atom stereocenters. The number of rotatable bonds is 16. The molecular weight excluding hydrogens is 1030 g/mol. The van der Waals surface area contributed by atoms with E-state index in [2.05, 4.69) is 11.4 Å². The van der Waals surface area contributed by atoms with E-state index in [1.807, 2.05) is 56.3 Å². The molecule has 20 nitrogen and oxygen atoms in total. The maximum atomic E-state index is 14.6. The molecule has 4 aliphatic rings. The number of carbonyl (C=O) groups excluding carboxylic acids is 2. The van der Waals surface area contributed by atoms with Crippen LogP contribution in [-0.2, 0) is 49.2 Å². The summed E-state index contributed by atoms with van der Waals surface area (Å²) in [5.74, 6) is -3.99. The van der Waals surface area contributed by atoms with Gasteiger partial charge in [0.25, 0.3) is 0 Å². The van der Waals surface area contributed by atoms with Gasteiger partial charge >= 0.3 is 17.9 Å². The average molecular weight is 1120 g/mol. The van der Waals surface area contributed by atoms with Crippen molar-refractivity contribution in [1.29, 1.82) is 0 Å². The van der Waals surface area contributed by atoms with Gasteiger partial charge in [-0.2, -0.15) is 0 Å². The molecule has 6 rings (SSSR count). The Hall–Kier alpha value is -3.29. The smallest absolute Gasteiger partial charge is 0.341 e. The normalized spacial score (nSPS) is 38.6. The molecular formula is C57H92N4O16S. The first-order chi connectivity index (χ1) is 36.5. The van der Waals surface area contributed by atoms with Crippen molar-refractivity contribution in [3.8, 4) is 0 Å². The lowest BCUT2D eigenvalue weighted by Gasteiger charge is -2.49. The Morgan fingerprint density at radius 1 is 0.962 bits per heavy atom. The number of nitrogens with zero attached hydrogens (tertiary/aromatic N) is 3. The molecule has 0 spiro atoms. The number of nitrogens with one attached hydrogen (secondary N) is 1. The fourth-order valence-corrected chi connectivity index (χ4v) is 13.4. The number of methoxy groups -OCH3 is 1. The highest BCUT2D eigenvalue weighted by atomic mass is 32.2. The number of thioether (sulfide) groups is 1. The summed E-state index contributed by atoms with van der Waals surface area (Å²) in [7, 11) is 7.09. The van der Waals surface area contributed by atoms with Gasteiger partial charge in [0.1, 0.15) is 35.1 Å². The third-order valence-corrected chi connectivity index (χ3v) is 18.2. The van der Waals surface area contributed by atoms with Gasteiger partial charge in [-0.25, -0.2) is 4.79 Å². The lowest BCUT2D eigenvalue weighted by atomic mass is 9.77. The maximum Gasteiger partial charge on any atom is 0.341 e. The van der Waals surface area contributed by atoms with Crippen LogP contribution in [0.5, 0.6) is 0 Å². The van der Waals surface area contributed by atoms with Crippen LogP contribution >= 0.6 is 11.8 Å². The molecule has 0 bridgehead atoms. The lowest BCUT2D eigenvalue weighted by molar-refractivity contribution is -0.318. The second-order valence-corrected chi connectivity index (χ2v) is 25.1. The number of hydrogen-bond donors (Lipinski definition) is 6. The molecule has 19 atom stereocenters. The Morgan fingerprint density at radius 2 is 1.65 bits per heavy atom. The van der Waals surface area contributed by atoms with Gasteiger partial charge in [-0.3, -0.25) is 14.4 Å². The standard InChI is InChI=1S/C57H92N4O16S/c1-16-42-57(11,70)49(65)35(7)60(14)28-30(2)26-55(9,69)50(77-54-47(64)41(59(12)13)23-32(4)72-54)33(5)48(34(6)53(68)74-42)76-44-27-56(10,71-15)51(36(8)73-44)75-43(62)19-20-58-21-22-78-38-24-37-18-17-31(3)61-29-40(52(66)67)46(63)39(25-38)45(37)61/h24-25,29-36,41-42,44,47-51,54,58,64-65,69-70H,16-23,26-28H2,1-15H3,(H,66,67)/t30?,31?,32-,33?,34-,35?,36+,41+,42?,44?,47?,48+,49?,50-,51?,54+,55-,56?,57?/m1/s1. The molecule has 21 heteroatoms. The third kappa shape index (κ3) is 14.3. The fourth-order valence-electron chi connectivity index (χ4n) is 12.5. The van der Waals surface area contributed by atoms with E-state index in [0.29, 0.717) is 37.2 Å². The number of esters is 2. The molecule has 4 aliphatic heterocycles. The van der Waals surface area contributed by atoms with Gasteiger partial charge in [0, 0.05) is 79.4 Å². The Bertz CT molecular complexity index is 2440. The molecule has 5 heterocycles. The summed E-state index contributed by atoms with van der Waals surface area (Å²) < 4.78 is 46.9. The van der Waals surface area contributed by atoms with Crippen molar-refractivity contribution in [1.82, 2.24) is 19.7 Å². The third-order valence-electron chi connectivity index (χ3n) is 17.2. The molecule has 1 aromatic heterocycles. The van der Waals surface area contributed by atoms with E-state index in [4.69, 9.17) is 33.2 Å². The Morgan fingerprint density at radius 3 is 2.29 bits per heavy atom. The molecule has 6 N–H and O–H groups in total. The van der Waals surface area contributed by atoms with Gasteiger partial charge in [0.05, 0.1) is 47.9 Å². The van der Waals surface area contributed by atoms with Crippen LogP contribution in [0.3, 0.4) is 0 Å². The summed E-state index contributed by atoms with van der Waals surface area (Å²) in [5, 5.41) is 61.6. The van der Waals surface area contributed by atoms with Gasteiger partial charge in [0.2, 0.25) is 5.43 Å². The number of aromatic carboxylic acids is 1. The van der Waals surface area contributed by atoms with E-state index >= 15 is 0 Å². The predicted molar refractivity (Wildman–Crippen MR) is 294 cm³/mol. The number of hydrogen-bond acceptors (Lipinski definition) is 19. The number of carbonyl (C=O) groups is 3. The Kier molecular flexibility index (Phi) is 21.5. The zero-order valence-corrected chi connectivity index (χ0v) is 49.5. The number of aliphatic hydroxyl groups is 4. The van der Waals surface area contributed by atoms with Gasteiger partial charge in [-0.15, -0.1) is 11.8 Å². The van der Waals surface area contributed by atoms with E-state index in [9.17, 15) is 44.7 Å². The molecule has 2 aromatic rings. The maximum absolute atomic E-state index is 14.6. The number of benzene rings is 1. The van der Waals surface area contributed by atoms with E-state index in [1.54, 1.807) is 54.5 Å². The van der Waals surface area contributed by atoms with Gasteiger partial charge in [-0.05, 0) is 132 Å². The van der Waals surface area contributed by atoms with Crippen molar-refractivity contribution in [2.24, 2.45) is 17.8 Å². The average Bonchev–Trinajstić information content (AvgIpc) is 3.52. The zero-order chi connectivity index (χ0) is 57.9. The number of aromatic nitrogens is 1. The molecule has 3 saturated heterocycles. The van der Waals surface area contributed by atoms with Crippen LogP contribution in [0.25, 0.3) is 10.9 Å². The predicted octanol–water partition coefficient (Wildman–Crippen LogP) is 4.74. The van der Waals surface area contributed by atoms with Crippen molar-refractivity contribution < 1.29 is 73.1 Å². The van der Waals surface area contributed by atoms with Crippen LogP contribution in [-0.4, -0.2) is 202 Å². The number of likely N-dealkylation sites (N-methyl/N-ethyl adjacent to an activating group) is 2. The lowest BCUT2D eigenvalue weighted by Crippen LogP contribution is -2.61. The van der Waals surface area contributed by atoms with Crippen LogP contribution in [0.2, 0.25) is 0 Å². The number of aliphatic hydroxyl groups excluding tert-OH is 2. The minimum Gasteiger partial charge on any atom is -0.477 e. The van der Waals surface area contributed by atoms with E-state index < -0.39 is 113 Å². The molecule has 442 valence electrons. The SMILES string of the molecule is CCC1OC(=O)[C@H](C)[C@@H](OC2CC(C)(OC)C(OC(=O)CCNCCSc3cc4c5c(c3)c(=O)c(C(=O)O)cn5C(C)CC4)[C@H](C)O2)C(C)[C@@H](O[C@@H]2O[C@H](C)C[C@H](N(C)C)C2O)[C@](C)(O)CC(C)CN(C)C(C)C(O)C1(C)O. The number of carboxylic acid groups (broad SMARTS) is 1. The highest BCUT2D eigenvalue weighted by molar-refractivity contribution is 7.99. The highest BCUT2D eigenvalue weighted by Gasteiger charge is 2.54. The monoisotopic (exact) mass is 1120 g/mol. The largest absolute Gasteiger partial charge is 0.477 e. The van der Waals surface area contributed by atoms with Crippen molar-refractivity contribution in [2.45, 2.75) is 222 Å². The number of carboxylic acids is 1. The Balaban J connectivity index is 1.18. The first-order valence-electron chi connectivity index (χ1n) is 28.0. The minimum absolute atomic E-state index is 0.0356. The molecule has 3 fully saturated rings. The highest BCUT2D eigenvalue weighted by Crippen LogP contribution is 2.41. The van der Waals surface area contributed by atoms with Crippen LogP contribution in [0, 0.1) is 17.8 Å². The molecule has 78 heavy (non-hydrogen) atoms. The molecule has 0 amide bonds. The van der Waals surface area contributed by atoms with Crippen LogP contribution in [0.15, 0.2) is 28.0 Å². The minimum atomic E-state index is -1.86. The van der Waals surface area contributed by atoms with Crippen LogP contribution in [0.1, 0.15) is 137 Å². The van der Waals surface area contributed by atoms with Gasteiger partial charge in [0.15, 0.2) is 18.7 Å². The summed E-state index contributed by atoms with van der Waals surface area (Å²) in [6.45, 7) is 20.8. The zero-order valence-electron chi connectivity index (χ0n) is 48.7. The topological polar surface area (TPSA) is 257 Å². The van der Waals surface area contributed by atoms with Crippen molar-refractivity contribution in [3.63, 3.8) is 0 Å². The van der Waals surface area contributed by atoms with Gasteiger partial charge < -0.3 is 78.4 Å². The quantitative estimate of drug-likeness (QED) is 0.0754. The number of aryl methyl sites for hydroxylation is 1. The summed E-state index contributed by atoms with van der Waals surface area (Å²) in [4.78, 5) is 58.0.